The van der Waals surface area contributed by atoms with E-state index in [4.69, 9.17) is 5.11 Å². The Morgan fingerprint density at radius 2 is 2.29 bits per heavy atom. The maximum atomic E-state index is 8.82. The monoisotopic (exact) mass is 205 g/mol. The van der Waals surface area contributed by atoms with E-state index in [1.54, 1.807) is 17.5 Å². The minimum Gasteiger partial charge on any atom is -0.396 e. The van der Waals surface area contributed by atoms with Gasteiger partial charge in [-0.1, -0.05) is 6.07 Å². The molecule has 0 atom stereocenters. The van der Waals surface area contributed by atoms with Crippen LogP contribution in [0.1, 0.15) is 5.56 Å². The Bertz CT molecular complexity index is 397. The second-order valence-electron chi connectivity index (χ2n) is 3.00. The molecule has 2 aromatic rings. The van der Waals surface area contributed by atoms with E-state index in [0.29, 0.717) is 6.42 Å². The van der Waals surface area contributed by atoms with E-state index in [9.17, 15) is 0 Å². The third-order valence-corrected chi connectivity index (χ3v) is 2.89. The van der Waals surface area contributed by atoms with Gasteiger partial charge in [-0.15, -0.1) is 11.3 Å². The molecule has 3 heteroatoms. The third kappa shape index (κ3) is 2.00. The number of aromatic nitrogens is 1. The Kier molecular flexibility index (Phi) is 2.91. The van der Waals surface area contributed by atoms with Gasteiger partial charge in [0.25, 0.3) is 0 Å². The first-order chi connectivity index (χ1) is 6.90. The maximum Gasteiger partial charge on any atom is 0.0804 e. The number of hydrogen-bond donors (Lipinski definition) is 1. The number of pyridine rings is 1. The number of hydrogen-bond acceptors (Lipinski definition) is 3. The molecule has 1 N–H and O–H groups in total. The van der Waals surface area contributed by atoms with Crippen molar-refractivity contribution in [1.29, 1.82) is 0 Å². The Hall–Kier alpha value is -1.19. The summed E-state index contributed by atoms with van der Waals surface area (Å²) in [6, 6.07) is 8.03. The summed E-state index contributed by atoms with van der Waals surface area (Å²) >= 11 is 1.68. The molecule has 0 aliphatic heterocycles. The van der Waals surface area contributed by atoms with Crippen LogP contribution in [0.25, 0.3) is 10.6 Å². The summed E-state index contributed by atoms with van der Waals surface area (Å²) in [5, 5.41) is 10.9. The molecule has 2 rings (SSSR count). The van der Waals surface area contributed by atoms with Crippen LogP contribution in [0.2, 0.25) is 0 Å². The van der Waals surface area contributed by atoms with Crippen LogP contribution in [0.15, 0.2) is 35.8 Å². The van der Waals surface area contributed by atoms with Crippen molar-refractivity contribution in [2.45, 2.75) is 6.42 Å². The predicted octanol–water partition coefficient (Wildman–Crippen LogP) is 2.34. The molecule has 0 saturated carbocycles. The van der Waals surface area contributed by atoms with Gasteiger partial charge < -0.3 is 5.11 Å². The average molecular weight is 205 g/mol. The quantitative estimate of drug-likeness (QED) is 0.834. The van der Waals surface area contributed by atoms with Crippen molar-refractivity contribution in [2.75, 3.05) is 6.61 Å². The first-order valence-corrected chi connectivity index (χ1v) is 5.38. The lowest BCUT2D eigenvalue weighted by Crippen LogP contribution is -1.91. The van der Waals surface area contributed by atoms with Gasteiger partial charge in [0.05, 0.1) is 10.6 Å². The first-order valence-electron chi connectivity index (χ1n) is 4.50. The van der Waals surface area contributed by atoms with Crippen LogP contribution in [0.4, 0.5) is 0 Å². The number of nitrogens with zero attached hydrogens (tertiary/aromatic N) is 1. The third-order valence-electron chi connectivity index (χ3n) is 2.00. The normalized spacial score (nSPS) is 10.4. The van der Waals surface area contributed by atoms with Gasteiger partial charge in [-0.05, 0) is 35.6 Å². The second-order valence-corrected chi connectivity index (χ2v) is 3.95. The second kappa shape index (κ2) is 4.35. The van der Waals surface area contributed by atoms with Gasteiger partial charge in [0, 0.05) is 12.8 Å². The lowest BCUT2D eigenvalue weighted by atomic mass is 10.1. The molecule has 0 aliphatic carbocycles. The Balaban J connectivity index is 2.31. The van der Waals surface area contributed by atoms with Crippen molar-refractivity contribution in [2.24, 2.45) is 0 Å². The van der Waals surface area contributed by atoms with Crippen molar-refractivity contribution in [3.63, 3.8) is 0 Å². The Morgan fingerprint density at radius 3 is 3.00 bits per heavy atom. The topological polar surface area (TPSA) is 33.1 Å². The van der Waals surface area contributed by atoms with Gasteiger partial charge in [0.1, 0.15) is 0 Å². The fourth-order valence-electron chi connectivity index (χ4n) is 1.32. The van der Waals surface area contributed by atoms with Crippen LogP contribution in [0.5, 0.6) is 0 Å². The van der Waals surface area contributed by atoms with E-state index < -0.39 is 0 Å². The number of rotatable bonds is 3. The van der Waals surface area contributed by atoms with Crippen LogP contribution >= 0.6 is 11.3 Å². The molecule has 72 valence electrons. The van der Waals surface area contributed by atoms with E-state index in [2.05, 4.69) is 11.1 Å². The molecule has 0 bridgehead atoms. The zero-order valence-electron chi connectivity index (χ0n) is 7.68. The fraction of sp³-hybridized carbons (Fsp3) is 0.182. The summed E-state index contributed by atoms with van der Waals surface area (Å²) in [7, 11) is 0. The summed E-state index contributed by atoms with van der Waals surface area (Å²) in [5.74, 6) is 0. The van der Waals surface area contributed by atoms with Crippen molar-refractivity contribution in [3.05, 3.63) is 41.4 Å². The van der Waals surface area contributed by atoms with Crippen LogP contribution in [0.3, 0.4) is 0 Å². The maximum absolute atomic E-state index is 8.82. The molecule has 2 heterocycles. The molecule has 0 fully saturated rings. The van der Waals surface area contributed by atoms with Gasteiger partial charge in [0.2, 0.25) is 0 Å². The largest absolute Gasteiger partial charge is 0.396 e. The van der Waals surface area contributed by atoms with Gasteiger partial charge in [-0.2, -0.15) is 0 Å². The lowest BCUT2D eigenvalue weighted by molar-refractivity contribution is 0.299. The van der Waals surface area contributed by atoms with Gasteiger partial charge >= 0.3 is 0 Å². The number of aliphatic hydroxyl groups excluding tert-OH is 1. The van der Waals surface area contributed by atoms with E-state index in [-0.39, 0.29) is 6.61 Å². The SMILES string of the molecule is OCCc1ccnc(-c2cccs2)c1. The summed E-state index contributed by atoms with van der Waals surface area (Å²) in [5.41, 5.74) is 2.12. The molecule has 0 radical (unpaired) electrons. The fourth-order valence-corrected chi connectivity index (χ4v) is 2.01. The standard InChI is InChI=1S/C11H11NOS/c13-6-4-9-3-5-12-10(8-9)11-2-1-7-14-11/h1-3,5,7-8,13H,4,6H2. The van der Waals surface area contributed by atoms with Crippen LogP contribution in [0, 0.1) is 0 Å². The molecule has 0 spiro atoms. The van der Waals surface area contributed by atoms with E-state index in [0.717, 1.165) is 11.3 Å². The van der Waals surface area contributed by atoms with Crippen molar-refractivity contribution >= 4 is 11.3 Å². The molecular weight excluding hydrogens is 194 g/mol. The first kappa shape index (κ1) is 9.37. The molecule has 0 saturated heterocycles. The smallest absolute Gasteiger partial charge is 0.0804 e. The highest BCUT2D eigenvalue weighted by Gasteiger charge is 2.00. The van der Waals surface area contributed by atoms with Crippen molar-refractivity contribution in [3.8, 4) is 10.6 Å². The van der Waals surface area contributed by atoms with Crippen molar-refractivity contribution in [1.82, 2.24) is 4.98 Å². The highest BCUT2D eigenvalue weighted by molar-refractivity contribution is 7.13. The minimum atomic E-state index is 0.188. The minimum absolute atomic E-state index is 0.188. The van der Waals surface area contributed by atoms with E-state index >= 15 is 0 Å². The molecule has 2 nitrogen and oxygen atoms in total. The number of thiophene rings is 1. The van der Waals surface area contributed by atoms with E-state index in [1.807, 2.05) is 23.6 Å². The lowest BCUT2D eigenvalue weighted by Gasteiger charge is -2.00. The van der Waals surface area contributed by atoms with E-state index in [1.165, 1.54) is 4.88 Å². The number of aliphatic hydroxyl groups is 1. The van der Waals surface area contributed by atoms with Gasteiger partial charge in [0.15, 0.2) is 0 Å². The zero-order chi connectivity index (χ0) is 9.80. The summed E-state index contributed by atoms with van der Waals surface area (Å²) in [4.78, 5) is 5.46. The molecule has 14 heavy (non-hydrogen) atoms. The highest BCUT2D eigenvalue weighted by atomic mass is 32.1. The van der Waals surface area contributed by atoms with Crippen LogP contribution in [-0.4, -0.2) is 16.7 Å². The van der Waals surface area contributed by atoms with Crippen LogP contribution in [-0.2, 0) is 6.42 Å². The molecule has 2 aromatic heterocycles. The Labute approximate surface area is 86.9 Å². The van der Waals surface area contributed by atoms with Crippen molar-refractivity contribution < 1.29 is 5.11 Å². The summed E-state index contributed by atoms with van der Waals surface area (Å²) in [6.07, 6.45) is 2.49. The zero-order valence-corrected chi connectivity index (χ0v) is 8.50. The molecule has 0 aliphatic rings. The molecule has 0 aromatic carbocycles. The predicted molar refractivity (Wildman–Crippen MR) is 58.3 cm³/mol. The highest BCUT2D eigenvalue weighted by Crippen LogP contribution is 2.22. The van der Waals surface area contributed by atoms with Gasteiger partial charge in [-0.3, -0.25) is 4.98 Å². The Morgan fingerprint density at radius 1 is 1.36 bits per heavy atom. The van der Waals surface area contributed by atoms with Crippen LogP contribution < -0.4 is 0 Å². The molecule has 0 unspecified atom stereocenters. The summed E-state index contributed by atoms with van der Waals surface area (Å²) < 4.78 is 0. The summed E-state index contributed by atoms with van der Waals surface area (Å²) in [6.45, 7) is 0.188. The molecular formula is C11H11NOS. The average Bonchev–Trinajstić information content (AvgIpc) is 2.71. The molecule has 0 amide bonds. The van der Waals surface area contributed by atoms with Gasteiger partial charge in [-0.25, -0.2) is 0 Å².